The van der Waals surface area contributed by atoms with Crippen molar-refractivity contribution in [3.63, 3.8) is 0 Å². The fraction of sp³-hybridized carbons (Fsp3) is 0.667. The van der Waals surface area contributed by atoms with Gasteiger partial charge in [-0.05, 0) is 25.2 Å². The molecular formula is C15H20N2O5. The molecule has 0 bridgehead atoms. The smallest absolute Gasteiger partial charge is 0.303 e. The van der Waals surface area contributed by atoms with E-state index in [2.05, 4.69) is 0 Å². The monoisotopic (exact) mass is 308 g/mol. The highest BCUT2D eigenvalue weighted by molar-refractivity contribution is 6.19. The van der Waals surface area contributed by atoms with Crippen molar-refractivity contribution in [2.24, 2.45) is 11.3 Å². The van der Waals surface area contributed by atoms with Crippen molar-refractivity contribution in [2.75, 3.05) is 14.1 Å². The van der Waals surface area contributed by atoms with Gasteiger partial charge in [-0.1, -0.05) is 0 Å². The van der Waals surface area contributed by atoms with Crippen molar-refractivity contribution in [3.8, 4) is 0 Å². The van der Waals surface area contributed by atoms with Gasteiger partial charge in [0.2, 0.25) is 11.8 Å². The van der Waals surface area contributed by atoms with Crippen molar-refractivity contribution in [1.29, 1.82) is 0 Å². The second-order valence-corrected chi connectivity index (χ2v) is 6.02. The molecule has 22 heavy (non-hydrogen) atoms. The number of hydrogen-bond donors (Lipinski definition) is 0. The van der Waals surface area contributed by atoms with Gasteiger partial charge in [0.05, 0.1) is 0 Å². The first-order valence-corrected chi connectivity index (χ1v) is 7.42. The van der Waals surface area contributed by atoms with E-state index in [4.69, 9.17) is 0 Å². The zero-order valence-corrected chi connectivity index (χ0v) is 12.8. The molecule has 0 spiro atoms. The fourth-order valence-electron chi connectivity index (χ4n) is 3.59. The average Bonchev–Trinajstić information content (AvgIpc) is 2.51. The molecule has 7 heteroatoms. The number of hydrogen-bond acceptors (Lipinski definition) is 5. The first kappa shape index (κ1) is 16.3. The maximum atomic E-state index is 12.8. The van der Waals surface area contributed by atoms with Crippen LogP contribution < -0.4 is 0 Å². The highest BCUT2D eigenvalue weighted by Crippen LogP contribution is 2.45. The normalized spacial score (nSPS) is 25.6. The lowest BCUT2D eigenvalue weighted by Crippen LogP contribution is -2.65. The first-order chi connectivity index (χ1) is 10.4. The van der Waals surface area contributed by atoms with Gasteiger partial charge in [0.25, 0.3) is 0 Å². The van der Waals surface area contributed by atoms with Gasteiger partial charge in [-0.15, -0.1) is 0 Å². The number of nitrogens with zero attached hydrogens (tertiary/aromatic N) is 2. The molecule has 120 valence electrons. The molecule has 0 aromatic rings. The second-order valence-electron chi connectivity index (χ2n) is 6.02. The maximum Gasteiger partial charge on any atom is 0.332 e. The Bertz CT molecular complexity index is 518. The third kappa shape index (κ3) is 2.34. The molecule has 1 aliphatic heterocycles. The van der Waals surface area contributed by atoms with Crippen LogP contribution in [0.1, 0.15) is 38.5 Å². The van der Waals surface area contributed by atoms with Gasteiger partial charge in [0, 0.05) is 33.4 Å². The van der Waals surface area contributed by atoms with Crippen LogP contribution in [-0.4, -0.2) is 53.8 Å². The van der Waals surface area contributed by atoms with E-state index in [9.17, 15) is 24.0 Å². The molecule has 1 saturated carbocycles. The van der Waals surface area contributed by atoms with Gasteiger partial charge < -0.3 is 4.79 Å². The maximum absolute atomic E-state index is 12.8. The number of aldehydes is 1. The minimum atomic E-state index is -1.48. The minimum Gasteiger partial charge on any atom is -0.303 e. The van der Waals surface area contributed by atoms with Crippen LogP contribution >= 0.6 is 0 Å². The number of barbiturate groups is 1. The Morgan fingerprint density at radius 2 is 1.73 bits per heavy atom. The summed E-state index contributed by atoms with van der Waals surface area (Å²) in [4.78, 5) is 61.9. The molecule has 1 heterocycles. The molecule has 2 fully saturated rings. The van der Waals surface area contributed by atoms with Gasteiger partial charge in [-0.25, -0.2) is 4.79 Å². The predicted molar refractivity (Wildman–Crippen MR) is 75.6 cm³/mol. The van der Waals surface area contributed by atoms with E-state index < -0.39 is 29.2 Å². The lowest BCUT2D eigenvalue weighted by atomic mass is 9.63. The third-order valence-corrected chi connectivity index (χ3v) is 4.78. The second kappa shape index (κ2) is 5.98. The predicted octanol–water partition coefficient (Wildman–Crippen LogP) is 0.762. The molecule has 7 nitrogen and oxygen atoms in total. The van der Waals surface area contributed by atoms with Crippen LogP contribution in [-0.2, 0) is 19.2 Å². The van der Waals surface area contributed by atoms with Crippen molar-refractivity contribution in [2.45, 2.75) is 38.5 Å². The number of imide groups is 2. The Kier molecular flexibility index (Phi) is 4.44. The highest BCUT2D eigenvalue weighted by Gasteiger charge is 2.59. The molecule has 1 saturated heterocycles. The minimum absolute atomic E-state index is 0.0181. The van der Waals surface area contributed by atoms with Crippen LogP contribution in [0.15, 0.2) is 0 Å². The lowest BCUT2D eigenvalue weighted by molar-refractivity contribution is -0.163. The summed E-state index contributed by atoms with van der Waals surface area (Å²) in [6, 6.07) is -0.682. The topological polar surface area (TPSA) is 91.8 Å². The number of amides is 4. The van der Waals surface area contributed by atoms with E-state index in [1.807, 2.05) is 0 Å². The molecule has 0 N–H and O–H groups in total. The standard InChI is InChI=1S/C15H20N2O5/c1-16-12(20)15(7-4-8-18,13(21)17(2)14(16)22)10-5-3-6-11(19)9-10/h8,10H,3-7,9H2,1-2H3. The lowest BCUT2D eigenvalue weighted by Gasteiger charge is -2.46. The summed E-state index contributed by atoms with van der Waals surface area (Å²) >= 11 is 0. The van der Waals surface area contributed by atoms with Crippen molar-refractivity contribution in [1.82, 2.24) is 9.80 Å². The fourth-order valence-corrected chi connectivity index (χ4v) is 3.59. The van der Waals surface area contributed by atoms with Crippen molar-refractivity contribution < 1.29 is 24.0 Å². The number of urea groups is 1. The van der Waals surface area contributed by atoms with E-state index in [1.54, 1.807) is 0 Å². The summed E-state index contributed by atoms with van der Waals surface area (Å²) in [5, 5.41) is 0. The van der Waals surface area contributed by atoms with Gasteiger partial charge in [-0.3, -0.25) is 24.2 Å². The Labute approximate surface area is 128 Å². The summed E-state index contributed by atoms with van der Waals surface area (Å²) in [6.07, 6.45) is 2.52. The molecule has 0 aromatic heterocycles. The molecular weight excluding hydrogens is 288 g/mol. The van der Waals surface area contributed by atoms with E-state index in [0.29, 0.717) is 25.5 Å². The number of rotatable bonds is 4. The molecule has 4 amide bonds. The molecule has 0 radical (unpaired) electrons. The molecule has 2 aliphatic rings. The molecule has 1 atom stereocenters. The van der Waals surface area contributed by atoms with E-state index >= 15 is 0 Å². The Hall–Kier alpha value is -2.05. The van der Waals surface area contributed by atoms with E-state index in [-0.39, 0.29) is 25.0 Å². The Morgan fingerprint density at radius 1 is 1.14 bits per heavy atom. The van der Waals surface area contributed by atoms with Crippen LogP contribution in [0.4, 0.5) is 4.79 Å². The average molecular weight is 308 g/mol. The molecule has 1 aliphatic carbocycles. The summed E-state index contributed by atoms with van der Waals surface area (Å²) < 4.78 is 0. The summed E-state index contributed by atoms with van der Waals surface area (Å²) in [6.45, 7) is 0. The van der Waals surface area contributed by atoms with E-state index in [0.717, 1.165) is 9.80 Å². The zero-order valence-electron chi connectivity index (χ0n) is 12.8. The number of carbonyl (C=O) groups excluding carboxylic acids is 5. The van der Waals surface area contributed by atoms with Crippen LogP contribution in [0, 0.1) is 11.3 Å². The number of ketones is 1. The Morgan fingerprint density at radius 3 is 2.23 bits per heavy atom. The van der Waals surface area contributed by atoms with Crippen LogP contribution in [0.3, 0.4) is 0 Å². The van der Waals surface area contributed by atoms with Crippen LogP contribution in [0.25, 0.3) is 0 Å². The van der Waals surface area contributed by atoms with Crippen molar-refractivity contribution in [3.05, 3.63) is 0 Å². The first-order valence-electron chi connectivity index (χ1n) is 7.42. The van der Waals surface area contributed by atoms with Crippen molar-refractivity contribution >= 4 is 29.9 Å². The third-order valence-electron chi connectivity index (χ3n) is 4.78. The van der Waals surface area contributed by atoms with Gasteiger partial charge in [0.1, 0.15) is 17.5 Å². The molecule has 0 aromatic carbocycles. The zero-order chi connectivity index (χ0) is 16.5. The summed E-state index contributed by atoms with van der Waals surface area (Å²) in [7, 11) is 2.65. The molecule has 1 unspecified atom stereocenters. The van der Waals surface area contributed by atoms with Gasteiger partial charge >= 0.3 is 6.03 Å². The van der Waals surface area contributed by atoms with Gasteiger partial charge in [-0.2, -0.15) is 0 Å². The highest BCUT2D eigenvalue weighted by atomic mass is 16.2. The number of carbonyl (C=O) groups is 5. The van der Waals surface area contributed by atoms with Crippen LogP contribution in [0.5, 0.6) is 0 Å². The van der Waals surface area contributed by atoms with Crippen LogP contribution in [0.2, 0.25) is 0 Å². The number of Topliss-reactive ketones (excluding diaryl/α,β-unsaturated/α-hetero) is 1. The Balaban J connectivity index is 2.48. The largest absolute Gasteiger partial charge is 0.332 e. The summed E-state index contributed by atoms with van der Waals surface area (Å²) in [5.41, 5.74) is -1.48. The van der Waals surface area contributed by atoms with E-state index in [1.165, 1.54) is 14.1 Å². The van der Waals surface area contributed by atoms with Gasteiger partial charge in [0.15, 0.2) is 0 Å². The quantitative estimate of drug-likeness (QED) is 0.565. The summed E-state index contributed by atoms with van der Waals surface area (Å²) in [5.74, 6) is -1.62. The SMILES string of the molecule is CN1C(=O)N(C)C(=O)C(CCC=O)(C2CCCC(=O)C2)C1=O. The molecule has 2 rings (SSSR count).